The van der Waals surface area contributed by atoms with Crippen LogP contribution in [-0.4, -0.2) is 56.9 Å². The van der Waals surface area contributed by atoms with E-state index in [1.165, 1.54) is 30.5 Å². The van der Waals surface area contributed by atoms with E-state index in [2.05, 4.69) is 30.2 Å². The van der Waals surface area contributed by atoms with Crippen molar-refractivity contribution in [3.63, 3.8) is 0 Å². The van der Waals surface area contributed by atoms with Crippen molar-refractivity contribution in [3.05, 3.63) is 71.9 Å². The summed E-state index contributed by atoms with van der Waals surface area (Å²) in [7, 11) is 0. The minimum absolute atomic E-state index is 0.206. The molecule has 4 aromatic rings. The van der Waals surface area contributed by atoms with Crippen molar-refractivity contribution in [2.24, 2.45) is 0 Å². The predicted molar refractivity (Wildman–Crippen MR) is 139 cm³/mol. The molecule has 3 aromatic heterocycles. The molecule has 1 spiro atoms. The normalized spacial score (nSPS) is 17.7. The van der Waals surface area contributed by atoms with E-state index in [0.29, 0.717) is 62.4 Å². The third-order valence-corrected chi connectivity index (χ3v) is 7.24. The second kappa shape index (κ2) is 10.7. The molecule has 8 nitrogen and oxygen atoms in total. The number of halogens is 6. The summed E-state index contributed by atoms with van der Waals surface area (Å²) in [6.45, 7) is 2.73. The zero-order valence-corrected chi connectivity index (χ0v) is 22.0. The van der Waals surface area contributed by atoms with E-state index in [0.717, 1.165) is 18.3 Å². The average molecular weight is 591 g/mol. The number of hydrogen-bond donors (Lipinski definition) is 1. The van der Waals surface area contributed by atoms with Gasteiger partial charge >= 0.3 is 12.4 Å². The molecule has 0 aliphatic carbocycles. The number of ether oxygens (including phenoxy) is 2. The second-order valence-corrected chi connectivity index (χ2v) is 10.1. The molecular formula is C28H24F6N6O2. The molecule has 1 aromatic carbocycles. The van der Waals surface area contributed by atoms with Gasteiger partial charge in [-0.25, -0.2) is 15.0 Å². The smallest absolute Gasteiger partial charge is 0.347 e. The summed E-state index contributed by atoms with van der Waals surface area (Å²) in [6, 6.07) is 8.79. The summed E-state index contributed by atoms with van der Waals surface area (Å²) in [6.07, 6.45) is -5.56. The maximum atomic E-state index is 13.7. The van der Waals surface area contributed by atoms with Crippen molar-refractivity contribution < 1.29 is 35.8 Å². The highest BCUT2D eigenvalue weighted by atomic mass is 19.4. The summed E-state index contributed by atoms with van der Waals surface area (Å²) in [5, 5.41) is 3.46. The Balaban J connectivity index is 1.36. The van der Waals surface area contributed by atoms with Gasteiger partial charge in [-0.1, -0.05) is 6.07 Å². The summed E-state index contributed by atoms with van der Waals surface area (Å²) in [5.74, 6) is 0.0796. The van der Waals surface area contributed by atoms with Crippen LogP contribution in [0.4, 0.5) is 37.8 Å². The summed E-state index contributed by atoms with van der Waals surface area (Å²) < 4.78 is 91.7. The summed E-state index contributed by atoms with van der Waals surface area (Å²) in [5.41, 5.74) is -1.37. The fourth-order valence-corrected chi connectivity index (χ4v) is 5.16. The van der Waals surface area contributed by atoms with Crippen LogP contribution in [0.1, 0.15) is 29.9 Å². The number of anilines is 2. The van der Waals surface area contributed by atoms with Gasteiger partial charge in [0, 0.05) is 43.1 Å². The number of pyridine rings is 2. The van der Waals surface area contributed by atoms with E-state index < -0.39 is 29.4 Å². The lowest BCUT2D eigenvalue weighted by Gasteiger charge is -2.37. The first-order chi connectivity index (χ1) is 20.0. The highest BCUT2D eigenvalue weighted by Crippen LogP contribution is 2.37. The molecule has 42 heavy (non-hydrogen) atoms. The van der Waals surface area contributed by atoms with Crippen LogP contribution in [0.15, 0.2) is 54.9 Å². The van der Waals surface area contributed by atoms with Crippen molar-refractivity contribution >= 4 is 22.4 Å². The molecule has 0 radical (unpaired) electrons. The van der Waals surface area contributed by atoms with Gasteiger partial charge in [0.15, 0.2) is 5.79 Å². The van der Waals surface area contributed by atoms with E-state index in [-0.39, 0.29) is 22.8 Å². The van der Waals surface area contributed by atoms with Gasteiger partial charge in [0.25, 0.3) is 0 Å². The van der Waals surface area contributed by atoms with E-state index in [1.54, 1.807) is 6.07 Å². The Kier molecular flexibility index (Phi) is 7.23. The Labute approximate surface area is 235 Å². The van der Waals surface area contributed by atoms with Crippen molar-refractivity contribution in [2.45, 2.75) is 37.5 Å². The van der Waals surface area contributed by atoms with Crippen molar-refractivity contribution in [2.75, 3.05) is 31.6 Å². The lowest BCUT2D eigenvalue weighted by molar-refractivity contribution is -0.186. The largest absolute Gasteiger partial charge is 0.433 e. The lowest BCUT2D eigenvalue weighted by atomic mass is 10.0. The molecule has 0 unspecified atom stereocenters. The number of alkyl halides is 6. The lowest BCUT2D eigenvalue weighted by Crippen LogP contribution is -2.44. The first-order valence-electron chi connectivity index (χ1n) is 13.1. The fraction of sp³-hybridized carbons (Fsp3) is 0.357. The SMILES string of the molecule is FC(F)(F)c1ccc(Nc2nc(CN3CCC4(CC3)OCCO4)nc3cc(-c4ncccc4C(F)(F)F)ccc23)cn1. The van der Waals surface area contributed by atoms with E-state index >= 15 is 0 Å². The Hall–Kier alpha value is -3.88. The first-order valence-corrected chi connectivity index (χ1v) is 13.1. The number of aromatic nitrogens is 4. The van der Waals surface area contributed by atoms with Crippen LogP contribution in [0.2, 0.25) is 0 Å². The van der Waals surface area contributed by atoms with Gasteiger partial charge in [-0.15, -0.1) is 0 Å². The number of benzene rings is 1. The summed E-state index contributed by atoms with van der Waals surface area (Å²) >= 11 is 0. The maximum absolute atomic E-state index is 13.7. The maximum Gasteiger partial charge on any atom is 0.433 e. The highest BCUT2D eigenvalue weighted by Gasteiger charge is 2.40. The third kappa shape index (κ3) is 5.87. The molecule has 2 aliphatic rings. The quantitative estimate of drug-likeness (QED) is 0.275. The van der Waals surface area contributed by atoms with Crippen LogP contribution in [-0.2, 0) is 28.4 Å². The Morgan fingerprint density at radius 3 is 2.31 bits per heavy atom. The molecule has 1 N–H and O–H groups in total. The number of hydrogen-bond acceptors (Lipinski definition) is 8. The van der Waals surface area contributed by atoms with E-state index in [9.17, 15) is 26.3 Å². The predicted octanol–water partition coefficient (Wildman–Crippen LogP) is 6.21. The second-order valence-electron chi connectivity index (χ2n) is 10.1. The standard InChI is InChI=1S/C28H24F6N6O2/c29-27(30,31)20-2-1-9-35-24(20)17-3-5-19-21(14-17)38-23(16-40-10-7-26(8-11-40)41-12-13-42-26)39-25(19)37-18-4-6-22(36-15-18)28(32,33)34/h1-6,9,14-15H,7-8,10-13,16H2,(H,37,38,39). The van der Waals surface area contributed by atoms with Crippen LogP contribution in [0.3, 0.4) is 0 Å². The van der Waals surface area contributed by atoms with Gasteiger partial charge < -0.3 is 14.8 Å². The molecule has 2 saturated heterocycles. The molecule has 0 saturated carbocycles. The minimum atomic E-state index is -4.62. The molecule has 2 aliphatic heterocycles. The van der Waals surface area contributed by atoms with Gasteiger partial charge in [-0.3, -0.25) is 9.88 Å². The minimum Gasteiger partial charge on any atom is -0.347 e. The van der Waals surface area contributed by atoms with Crippen LogP contribution in [0.25, 0.3) is 22.2 Å². The monoisotopic (exact) mass is 590 g/mol. The molecule has 2 fully saturated rings. The highest BCUT2D eigenvalue weighted by molar-refractivity contribution is 5.93. The number of rotatable bonds is 5. The van der Waals surface area contributed by atoms with Gasteiger partial charge in [0.1, 0.15) is 17.3 Å². The third-order valence-electron chi connectivity index (χ3n) is 7.24. The Morgan fingerprint density at radius 2 is 1.64 bits per heavy atom. The Morgan fingerprint density at radius 1 is 0.881 bits per heavy atom. The van der Waals surface area contributed by atoms with Crippen LogP contribution in [0, 0.1) is 0 Å². The Bertz CT molecular complexity index is 1580. The molecule has 5 heterocycles. The zero-order chi connectivity index (χ0) is 29.5. The molecule has 14 heteroatoms. The van der Waals surface area contributed by atoms with Gasteiger partial charge in [0.05, 0.1) is 48.4 Å². The summed E-state index contributed by atoms with van der Waals surface area (Å²) in [4.78, 5) is 18.9. The van der Waals surface area contributed by atoms with Gasteiger partial charge in [0.2, 0.25) is 0 Å². The average Bonchev–Trinajstić information content (AvgIpc) is 3.41. The number of piperidine rings is 1. The van der Waals surface area contributed by atoms with Crippen LogP contribution in [0.5, 0.6) is 0 Å². The number of likely N-dealkylation sites (tertiary alicyclic amines) is 1. The fourth-order valence-electron chi connectivity index (χ4n) is 5.16. The molecule has 0 bridgehead atoms. The number of nitrogens with one attached hydrogen (secondary N) is 1. The zero-order valence-electron chi connectivity index (χ0n) is 22.0. The van der Waals surface area contributed by atoms with Crippen LogP contribution < -0.4 is 5.32 Å². The first kappa shape index (κ1) is 28.2. The van der Waals surface area contributed by atoms with Crippen molar-refractivity contribution in [1.29, 1.82) is 0 Å². The number of fused-ring (bicyclic) bond motifs is 1. The topological polar surface area (TPSA) is 85.3 Å². The molecule has 0 atom stereocenters. The van der Waals surface area contributed by atoms with Crippen molar-refractivity contribution in [1.82, 2.24) is 24.8 Å². The molecule has 6 rings (SSSR count). The van der Waals surface area contributed by atoms with Crippen LogP contribution >= 0.6 is 0 Å². The molecule has 0 amide bonds. The molecule has 220 valence electrons. The number of nitrogens with zero attached hydrogens (tertiary/aromatic N) is 5. The van der Waals surface area contributed by atoms with Crippen molar-refractivity contribution in [3.8, 4) is 11.3 Å². The molecular weight excluding hydrogens is 566 g/mol. The van der Waals surface area contributed by atoms with E-state index in [1.807, 2.05) is 0 Å². The van der Waals surface area contributed by atoms with E-state index in [4.69, 9.17) is 9.47 Å². The van der Waals surface area contributed by atoms with Gasteiger partial charge in [-0.2, -0.15) is 26.3 Å². The van der Waals surface area contributed by atoms with Gasteiger partial charge in [-0.05, 0) is 36.4 Å².